The van der Waals surface area contributed by atoms with Crippen LogP contribution < -0.4 is 4.74 Å². The number of aromatic nitrogens is 2. The number of nitriles is 1. The second-order valence-electron chi connectivity index (χ2n) is 6.68. The van der Waals surface area contributed by atoms with E-state index >= 15 is 0 Å². The largest absolute Gasteiger partial charge is 0.489 e. The van der Waals surface area contributed by atoms with Gasteiger partial charge in [0.1, 0.15) is 18.4 Å². The van der Waals surface area contributed by atoms with Crippen molar-refractivity contribution in [1.29, 1.82) is 5.26 Å². The molecule has 4 aromatic rings. The summed E-state index contributed by atoms with van der Waals surface area (Å²) in [5.41, 5.74) is 4.48. The molecule has 0 aliphatic heterocycles. The predicted octanol–water partition coefficient (Wildman–Crippen LogP) is 5.70. The minimum absolute atomic E-state index is 0.505. The van der Waals surface area contributed by atoms with Crippen LogP contribution in [0.4, 0.5) is 0 Å². The van der Waals surface area contributed by atoms with Gasteiger partial charge in [0.2, 0.25) is 0 Å². The molecule has 1 heterocycles. The molecule has 0 saturated heterocycles. The zero-order valence-corrected chi connectivity index (χ0v) is 16.2. The van der Waals surface area contributed by atoms with Crippen LogP contribution in [-0.2, 0) is 13.2 Å². The monoisotopic (exact) mass is 379 g/mol. The highest BCUT2D eigenvalue weighted by Crippen LogP contribution is 2.24. The quantitative estimate of drug-likeness (QED) is 0.404. The molecule has 0 unspecified atom stereocenters. The summed E-state index contributed by atoms with van der Waals surface area (Å²) in [5, 5.41) is 9.80. The van der Waals surface area contributed by atoms with Crippen LogP contribution in [0.25, 0.3) is 22.7 Å². The van der Waals surface area contributed by atoms with Gasteiger partial charge in [0, 0.05) is 6.54 Å². The molecule has 0 N–H and O–H groups in total. The molecule has 0 saturated carbocycles. The van der Waals surface area contributed by atoms with E-state index in [4.69, 9.17) is 9.72 Å². The van der Waals surface area contributed by atoms with Gasteiger partial charge < -0.3 is 9.30 Å². The third-order valence-electron chi connectivity index (χ3n) is 4.75. The maximum Gasteiger partial charge on any atom is 0.151 e. The Kier molecular flexibility index (Phi) is 5.40. The third kappa shape index (κ3) is 4.04. The average molecular weight is 379 g/mol. The summed E-state index contributed by atoms with van der Waals surface area (Å²) in [6.45, 7) is 3.31. The summed E-state index contributed by atoms with van der Waals surface area (Å²) < 4.78 is 7.98. The fourth-order valence-electron chi connectivity index (χ4n) is 3.35. The number of hydrogen-bond donors (Lipinski definition) is 0. The minimum Gasteiger partial charge on any atom is -0.489 e. The van der Waals surface area contributed by atoms with Gasteiger partial charge >= 0.3 is 0 Å². The molecule has 0 aliphatic carbocycles. The number of allylic oxidation sites excluding steroid dienone is 1. The average Bonchev–Trinajstić information content (AvgIpc) is 3.15. The molecular weight excluding hydrogens is 358 g/mol. The second kappa shape index (κ2) is 8.45. The molecule has 0 aliphatic rings. The molecule has 0 bridgehead atoms. The molecule has 0 radical (unpaired) electrons. The Bertz CT molecular complexity index is 1200. The molecule has 1 aromatic heterocycles. The minimum atomic E-state index is 0.505. The van der Waals surface area contributed by atoms with E-state index in [9.17, 15) is 5.26 Å². The summed E-state index contributed by atoms with van der Waals surface area (Å²) >= 11 is 0. The fraction of sp³-hybridized carbons (Fsp3) is 0.120. The van der Waals surface area contributed by atoms with Crippen molar-refractivity contribution in [3.05, 3.63) is 95.8 Å². The van der Waals surface area contributed by atoms with Crippen molar-refractivity contribution in [2.45, 2.75) is 20.1 Å². The number of fused-ring (bicyclic) bond motifs is 1. The molecule has 0 spiro atoms. The van der Waals surface area contributed by atoms with Gasteiger partial charge in [-0.1, -0.05) is 54.6 Å². The van der Waals surface area contributed by atoms with E-state index in [-0.39, 0.29) is 0 Å². The Morgan fingerprint density at radius 2 is 1.83 bits per heavy atom. The summed E-state index contributed by atoms with van der Waals surface area (Å²) in [5.74, 6) is 1.45. The Hall–Kier alpha value is -3.84. The Balaban J connectivity index is 1.63. The Labute approximate surface area is 170 Å². The first-order valence-electron chi connectivity index (χ1n) is 9.62. The number of ether oxygens (including phenoxy) is 1. The van der Waals surface area contributed by atoms with Gasteiger partial charge in [0.05, 0.1) is 16.6 Å². The Morgan fingerprint density at radius 1 is 1.03 bits per heavy atom. The van der Waals surface area contributed by atoms with Crippen molar-refractivity contribution in [1.82, 2.24) is 9.55 Å². The van der Waals surface area contributed by atoms with Gasteiger partial charge in [-0.15, -0.1) is 0 Å². The number of imidazole rings is 1. The van der Waals surface area contributed by atoms with Crippen molar-refractivity contribution in [2.75, 3.05) is 0 Å². The van der Waals surface area contributed by atoms with Crippen LogP contribution in [0.3, 0.4) is 0 Å². The normalized spacial score (nSPS) is 11.4. The van der Waals surface area contributed by atoms with Gasteiger partial charge in [-0.2, -0.15) is 5.26 Å². The van der Waals surface area contributed by atoms with E-state index in [1.165, 1.54) is 0 Å². The molecule has 4 nitrogen and oxygen atoms in total. The van der Waals surface area contributed by atoms with Crippen LogP contribution in [0.1, 0.15) is 23.9 Å². The van der Waals surface area contributed by atoms with Crippen molar-refractivity contribution >= 4 is 22.7 Å². The van der Waals surface area contributed by atoms with E-state index in [0.29, 0.717) is 18.0 Å². The summed E-state index contributed by atoms with van der Waals surface area (Å²) in [6, 6.07) is 28.1. The van der Waals surface area contributed by atoms with E-state index < -0.39 is 0 Å². The van der Waals surface area contributed by atoms with Gasteiger partial charge in [-0.3, -0.25) is 0 Å². The van der Waals surface area contributed by atoms with Crippen LogP contribution in [-0.4, -0.2) is 9.55 Å². The summed E-state index contributed by atoms with van der Waals surface area (Å²) in [6.07, 6.45) is 1.86. The standard InChI is InChI=1S/C25H21N3O/c1-2-28-24-14-7-6-13-23(24)27-25(28)21(17-26)15-20-11-8-12-22(16-20)29-18-19-9-4-3-5-10-19/h3-16H,2,18H2,1H3/b21-15-. The van der Waals surface area contributed by atoms with Crippen molar-refractivity contribution < 1.29 is 4.74 Å². The SMILES string of the molecule is CCn1c(/C(C#N)=C\c2cccc(OCc3ccccc3)c2)nc2ccccc21. The number of rotatable bonds is 6. The Morgan fingerprint density at radius 3 is 2.62 bits per heavy atom. The van der Waals surface area contributed by atoms with E-state index in [1.54, 1.807) is 0 Å². The zero-order valence-electron chi connectivity index (χ0n) is 16.2. The number of hydrogen-bond acceptors (Lipinski definition) is 3. The van der Waals surface area contributed by atoms with Crippen molar-refractivity contribution in [3.63, 3.8) is 0 Å². The molecule has 142 valence electrons. The smallest absolute Gasteiger partial charge is 0.151 e. The highest BCUT2D eigenvalue weighted by atomic mass is 16.5. The maximum atomic E-state index is 9.80. The lowest BCUT2D eigenvalue weighted by molar-refractivity contribution is 0.306. The third-order valence-corrected chi connectivity index (χ3v) is 4.75. The van der Waals surface area contributed by atoms with Crippen LogP contribution in [0.5, 0.6) is 5.75 Å². The number of para-hydroxylation sites is 2. The lowest BCUT2D eigenvalue weighted by atomic mass is 10.1. The fourth-order valence-corrected chi connectivity index (χ4v) is 3.35. The zero-order chi connectivity index (χ0) is 20.1. The van der Waals surface area contributed by atoms with Crippen LogP contribution in [0, 0.1) is 11.3 Å². The summed E-state index contributed by atoms with van der Waals surface area (Å²) in [7, 11) is 0. The van der Waals surface area contributed by atoms with Gasteiger partial charge in [-0.25, -0.2) is 4.98 Å². The number of benzene rings is 3. The summed E-state index contributed by atoms with van der Waals surface area (Å²) in [4.78, 5) is 4.69. The first-order chi connectivity index (χ1) is 14.3. The molecule has 3 aromatic carbocycles. The second-order valence-corrected chi connectivity index (χ2v) is 6.68. The molecule has 0 amide bonds. The van der Waals surface area contributed by atoms with E-state index in [0.717, 1.165) is 34.5 Å². The van der Waals surface area contributed by atoms with Gasteiger partial charge in [-0.05, 0) is 48.4 Å². The lowest BCUT2D eigenvalue weighted by Crippen LogP contribution is -2.00. The lowest BCUT2D eigenvalue weighted by Gasteiger charge is -2.08. The molecule has 29 heavy (non-hydrogen) atoms. The maximum absolute atomic E-state index is 9.80. The van der Waals surface area contributed by atoms with Gasteiger partial charge in [0.15, 0.2) is 5.82 Å². The van der Waals surface area contributed by atoms with Crippen LogP contribution in [0.2, 0.25) is 0 Å². The van der Waals surface area contributed by atoms with Gasteiger partial charge in [0.25, 0.3) is 0 Å². The molecule has 4 rings (SSSR count). The number of aryl methyl sites for hydroxylation is 1. The predicted molar refractivity (Wildman–Crippen MR) is 116 cm³/mol. The molecule has 4 heteroatoms. The van der Waals surface area contributed by atoms with Crippen molar-refractivity contribution in [3.8, 4) is 11.8 Å². The van der Waals surface area contributed by atoms with E-state index in [1.807, 2.05) is 84.9 Å². The molecule has 0 atom stereocenters. The highest BCUT2D eigenvalue weighted by Gasteiger charge is 2.13. The highest BCUT2D eigenvalue weighted by molar-refractivity contribution is 5.91. The van der Waals surface area contributed by atoms with E-state index in [2.05, 4.69) is 17.6 Å². The molecular formula is C25H21N3O. The van der Waals surface area contributed by atoms with Crippen LogP contribution in [0.15, 0.2) is 78.9 Å². The first-order valence-corrected chi connectivity index (χ1v) is 9.62. The van der Waals surface area contributed by atoms with Crippen LogP contribution >= 0.6 is 0 Å². The molecule has 0 fully saturated rings. The number of nitrogens with zero attached hydrogens (tertiary/aromatic N) is 3. The topological polar surface area (TPSA) is 50.8 Å². The first kappa shape index (κ1) is 18.5. The van der Waals surface area contributed by atoms with Crippen molar-refractivity contribution in [2.24, 2.45) is 0 Å².